The van der Waals surface area contributed by atoms with Gasteiger partial charge in [-0.15, -0.1) is 0 Å². The molecule has 116 valence electrons. The number of carbonyl (C=O) groups is 2. The second kappa shape index (κ2) is 6.85. The Morgan fingerprint density at radius 1 is 1.10 bits per heavy atom. The average molecular weight is 292 g/mol. The average Bonchev–Trinajstić information content (AvgIpc) is 2.41. The molecular weight excluding hydrogens is 268 g/mol. The Balaban J connectivity index is 2.82. The predicted molar refractivity (Wildman–Crippen MR) is 81.0 cm³/mol. The number of benzene rings is 1. The summed E-state index contributed by atoms with van der Waals surface area (Å²) in [4.78, 5) is 23.8. The highest BCUT2D eigenvalue weighted by molar-refractivity contribution is 5.91. The van der Waals surface area contributed by atoms with Crippen molar-refractivity contribution in [2.24, 2.45) is 0 Å². The summed E-state index contributed by atoms with van der Waals surface area (Å²) in [5.41, 5.74) is 2.42. The topological polar surface area (TPSA) is 63.6 Å². The molecule has 1 N–H and O–H groups in total. The zero-order valence-corrected chi connectivity index (χ0v) is 13.4. The Bertz CT molecular complexity index is 519. The van der Waals surface area contributed by atoms with Gasteiger partial charge in [-0.05, 0) is 50.3 Å². The summed E-state index contributed by atoms with van der Waals surface area (Å²) in [6.07, 6.45) is 0.476. The van der Waals surface area contributed by atoms with E-state index >= 15 is 0 Å². The van der Waals surface area contributed by atoms with Crippen molar-refractivity contribution < 1.29 is 19.4 Å². The van der Waals surface area contributed by atoms with Crippen molar-refractivity contribution in [2.45, 2.75) is 59.5 Å². The van der Waals surface area contributed by atoms with Crippen molar-refractivity contribution in [3.63, 3.8) is 0 Å². The van der Waals surface area contributed by atoms with E-state index < -0.39 is 17.5 Å². The minimum atomic E-state index is -1.58. The number of rotatable bonds is 5. The molecule has 1 aromatic carbocycles. The van der Waals surface area contributed by atoms with Gasteiger partial charge in [-0.1, -0.05) is 31.5 Å². The lowest BCUT2D eigenvalue weighted by Gasteiger charge is -2.22. The molecule has 0 radical (unpaired) electrons. The van der Waals surface area contributed by atoms with Gasteiger partial charge in [-0.2, -0.15) is 0 Å². The Morgan fingerprint density at radius 3 is 2.00 bits per heavy atom. The number of hydrogen-bond donors (Lipinski definition) is 1. The Morgan fingerprint density at radius 2 is 1.57 bits per heavy atom. The maximum absolute atomic E-state index is 11.9. The third-order valence-corrected chi connectivity index (χ3v) is 3.92. The van der Waals surface area contributed by atoms with Crippen molar-refractivity contribution in [1.82, 2.24) is 0 Å². The maximum atomic E-state index is 11.9. The van der Waals surface area contributed by atoms with Gasteiger partial charge >= 0.3 is 11.9 Å². The molecule has 0 heterocycles. The van der Waals surface area contributed by atoms with E-state index in [2.05, 4.69) is 0 Å². The van der Waals surface area contributed by atoms with Gasteiger partial charge in [0.25, 0.3) is 0 Å². The normalized spacial score (nSPS) is 11.3. The van der Waals surface area contributed by atoms with E-state index in [4.69, 9.17) is 4.74 Å². The molecule has 0 saturated heterocycles. The summed E-state index contributed by atoms with van der Waals surface area (Å²) in [6, 6.07) is 3.98. The highest BCUT2D eigenvalue weighted by atomic mass is 16.6. The van der Waals surface area contributed by atoms with Gasteiger partial charge in [0, 0.05) is 0 Å². The lowest BCUT2D eigenvalue weighted by molar-refractivity contribution is -0.174. The van der Waals surface area contributed by atoms with Gasteiger partial charge in [0.1, 0.15) is 0 Å². The van der Waals surface area contributed by atoms with Crippen molar-refractivity contribution in [2.75, 3.05) is 0 Å². The van der Waals surface area contributed by atoms with Crippen LogP contribution in [0.5, 0.6) is 0 Å². The summed E-state index contributed by atoms with van der Waals surface area (Å²) >= 11 is 0. The minimum absolute atomic E-state index is 0.0349. The summed E-state index contributed by atoms with van der Waals surface area (Å²) in [6.45, 7) is 9.22. The molecule has 4 heteroatoms. The summed E-state index contributed by atoms with van der Waals surface area (Å²) in [5, 5.41) is 10.0. The molecule has 0 amide bonds. The number of esters is 2. The Labute approximate surface area is 126 Å². The van der Waals surface area contributed by atoms with Crippen LogP contribution in [-0.4, -0.2) is 22.6 Å². The van der Waals surface area contributed by atoms with Crippen LogP contribution in [0.15, 0.2) is 12.1 Å². The van der Waals surface area contributed by atoms with Crippen LogP contribution in [0.4, 0.5) is 0 Å². The number of aryl methyl sites for hydroxylation is 3. The third-order valence-electron chi connectivity index (χ3n) is 3.92. The number of carbonyl (C=O) groups excluding carboxylic acids is 2. The van der Waals surface area contributed by atoms with Crippen LogP contribution in [0, 0.1) is 20.8 Å². The molecule has 0 aliphatic carbocycles. The number of ether oxygens (including phenoxy) is 1. The standard InChI is InChI=1S/C17H24O4/c1-6-17(20,7-2)16(19)21-15(18)10-14-12(4)8-11(3)9-13(14)5/h8-9,20H,6-7,10H2,1-5H3. The third kappa shape index (κ3) is 4.14. The van der Waals surface area contributed by atoms with E-state index in [0.717, 1.165) is 22.3 Å². The van der Waals surface area contributed by atoms with E-state index in [1.807, 2.05) is 32.9 Å². The first kappa shape index (κ1) is 17.4. The molecule has 0 aliphatic heterocycles. The van der Waals surface area contributed by atoms with E-state index in [9.17, 15) is 14.7 Å². The molecule has 0 aliphatic rings. The van der Waals surface area contributed by atoms with Crippen molar-refractivity contribution >= 4 is 11.9 Å². The van der Waals surface area contributed by atoms with Gasteiger partial charge in [-0.25, -0.2) is 4.79 Å². The molecule has 0 fully saturated rings. The zero-order valence-electron chi connectivity index (χ0n) is 13.4. The smallest absolute Gasteiger partial charge is 0.345 e. The molecule has 0 unspecified atom stereocenters. The molecule has 0 bridgehead atoms. The van der Waals surface area contributed by atoms with E-state index in [1.54, 1.807) is 13.8 Å². The molecule has 0 atom stereocenters. The maximum Gasteiger partial charge on any atom is 0.345 e. The monoisotopic (exact) mass is 292 g/mol. The number of aliphatic hydroxyl groups is 1. The molecule has 4 nitrogen and oxygen atoms in total. The van der Waals surface area contributed by atoms with Crippen LogP contribution >= 0.6 is 0 Å². The van der Waals surface area contributed by atoms with Gasteiger partial charge in [0.15, 0.2) is 5.60 Å². The molecule has 0 spiro atoms. The van der Waals surface area contributed by atoms with Crippen molar-refractivity contribution in [3.05, 3.63) is 34.4 Å². The molecule has 0 aromatic heterocycles. The first-order chi connectivity index (χ1) is 9.73. The van der Waals surface area contributed by atoms with Crippen molar-refractivity contribution in [1.29, 1.82) is 0 Å². The van der Waals surface area contributed by atoms with Crippen LogP contribution in [0.2, 0.25) is 0 Å². The fourth-order valence-electron chi connectivity index (χ4n) is 2.41. The molecule has 0 saturated carbocycles. The van der Waals surface area contributed by atoms with Gasteiger partial charge in [0.05, 0.1) is 6.42 Å². The van der Waals surface area contributed by atoms with Gasteiger partial charge in [-0.3, -0.25) is 4.79 Å². The second-order valence-electron chi connectivity index (χ2n) is 5.55. The summed E-state index contributed by atoms with van der Waals surface area (Å²) in [7, 11) is 0. The molecule has 1 aromatic rings. The van der Waals surface area contributed by atoms with Gasteiger partial charge in [0.2, 0.25) is 0 Å². The Hall–Kier alpha value is -1.68. The lowest BCUT2D eigenvalue weighted by atomic mass is 9.97. The number of hydrogen-bond acceptors (Lipinski definition) is 4. The summed E-state index contributed by atoms with van der Waals surface area (Å²) in [5.74, 6) is -1.49. The first-order valence-electron chi connectivity index (χ1n) is 7.27. The van der Waals surface area contributed by atoms with Crippen LogP contribution in [0.1, 0.15) is 48.9 Å². The largest absolute Gasteiger partial charge is 0.391 e. The van der Waals surface area contributed by atoms with E-state index in [1.165, 1.54) is 0 Å². The quantitative estimate of drug-likeness (QED) is 0.669. The SMILES string of the molecule is CCC(O)(CC)C(=O)OC(=O)Cc1c(C)cc(C)cc1C. The molecule has 21 heavy (non-hydrogen) atoms. The first-order valence-corrected chi connectivity index (χ1v) is 7.27. The van der Waals surface area contributed by atoms with Crippen LogP contribution < -0.4 is 0 Å². The van der Waals surface area contributed by atoms with Crippen LogP contribution in [0.25, 0.3) is 0 Å². The minimum Gasteiger partial charge on any atom is -0.391 e. The zero-order chi connectivity index (χ0) is 16.2. The molecule has 1 rings (SSSR count). The van der Waals surface area contributed by atoms with E-state index in [-0.39, 0.29) is 19.3 Å². The van der Waals surface area contributed by atoms with Crippen molar-refractivity contribution in [3.8, 4) is 0 Å². The highest BCUT2D eigenvalue weighted by Gasteiger charge is 2.35. The summed E-state index contributed by atoms with van der Waals surface area (Å²) < 4.78 is 4.81. The fourth-order valence-corrected chi connectivity index (χ4v) is 2.41. The predicted octanol–water partition coefficient (Wildman–Crippen LogP) is 2.78. The van der Waals surface area contributed by atoms with Crippen LogP contribution in [-0.2, 0) is 20.7 Å². The fraction of sp³-hybridized carbons (Fsp3) is 0.529. The second-order valence-corrected chi connectivity index (χ2v) is 5.55. The molecular formula is C17H24O4. The van der Waals surface area contributed by atoms with Crippen LogP contribution in [0.3, 0.4) is 0 Å². The van der Waals surface area contributed by atoms with Gasteiger partial charge < -0.3 is 9.84 Å². The Kier molecular flexibility index (Phi) is 5.67. The van der Waals surface area contributed by atoms with E-state index in [0.29, 0.717) is 0 Å². The highest BCUT2D eigenvalue weighted by Crippen LogP contribution is 2.19. The lowest BCUT2D eigenvalue weighted by Crippen LogP contribution is -2.40.